The highest BCUT2D eigenvalue weighted by molar-refractivity contribution is 5.83. The normalized spacial score (nSPS) is 15.4. The fraction of sp³-hybridized carbons (Fsp3) is 0.421. The molecule has 1 saturated heterocycles. The second-order valence-corrected chi connectivity index (χ2v) is 7.03. The number of benzene rings is 1. The van der Waals surface area contributed by atoms with Crippen molar-refractivity contribution in [3.8, 4) is 0 Å². The monoisotopic (exact) mass is 366 g/mol. The molecule has 0 unspecified atom stereocenters. The SMILES string of the molecule is Cc1nc(C2CCN(C(=O)Cn3nc(C)c4ccccc4c3=O)CC2)n[nH]1. The van der Waals surface area contributed by atoms with Gasteiger partial charge in [-0.15, -0.1) is 0 Å². The number of piperidine rings is 1. The number of aromatic amines is 1. The summed E-state index contributed by atoms with van der Waals surface area (Å²) >= 11 is 0. The Morgan fingerprint density at radius 2 is 1.89 bits per heavy atom. The fourth-order valence-electron chi connectivity index (χ4n) is 3.67. The van der Waals surface area contributed by atoms with Crippen LogP contribution in [-0.2, 0) is 11.3 Å². The Morgan fingerprint density at radius 3 is 2.56 bits per heavy atom. The summed E-state index contributed by atoms with van der Waals surface area (Å²) in [6.45, 7) is 4.98. The van der Waals surface area contributed by atoms with Crippen LogP contribution in [0.2, 0.25) is 0 Å². The molecule has 0 aliphatic carbocycles. The third kappa shape index (κ3) is 3.34. The van der Waals surface area contributed by atoms with Gasteiger partial charge in [-0.05, 0) is 32.8 Å². The zero-order chi connectivity index (χ0) is 19.0. The van der Waals surface area contributed by atoms with Crippen molar-refractivity contribution in [2.24, 2.45) is 0 Å². The van der Waals surface area contributed by atoms with E-state index in [4.69, 9.17) is 0 Å². The van der Waals surface area contributed by atoms with Crippen molar-refractivity contribution in [3.05, 3.63) is 52.0 Å². The quantitative estimate of drug-likeness (QED) is 0.758. The molecule has 8 nitrogen and oxygen atoms in total. The highest BCUT2D eigenvalue weighted by Crippen LogP contribution is 2.25. The lowest BCUT2D eigenvalue weighted by atomic mass is 9.96. The molecule has 1 amide bonds. The zero-order valence-electron chi connectivity index (χ0n) is 15.5. The van der Waals surface area contributed by atoms with Gasteiger partial charge in [0, 0.05) is 24.4 Å². The standard InChI is InChI=1S/C19H22N6O2/c1-12-15-5-3-4-6-16(15)19(27)25(23-12)11-17(26)24-9-7-14(8-10-24)18-20-13(2)21-22-18/h3-6,14H,7-11H2,1-2H3,(H,20,21,22). The smallest absolute Gasteiger partial charge is 0.275 e. The van der Waals surface area contributed by atoms with E-state index in [1.807, 2.05) is 32.0 Å². The van der Waals surface area contributed by atoms with Crippen molar-refractivity contribution in [3.63, 3.8) is 0 Å². The number of rotatable bonds is 3. The maximum Gasteiger partial charge on any atom is 0.275 e. The highest BCUT2D eigenvalue weighted by Gasteiger charge is 2.26. The molecule has 1 fully saturated rings. The van der Waals surface area contributed by atoms with Crippen LogP contribution in [0.25, 0.3) is 10.8 Å². The minimum Gasteiger partial charge on any atom is -0.341 e. The first-order valence-electron chi connectivity index (χ1n) is 9.16. The van der Waals surface area contributed by atoms with Crippen LogP contribution in [0.1, 0.15) is 36.1 Å². The Balaban J connectivity index is 1.46. The van der Waals surface area contributed by atoms with E-state index in [0.29, 0.717) is 18.5 Å². The van der Waals surface area contributed by atoms with Gasteiger partial charge in [0.1, 0.15) is 12.4 Å². The van der Waals surface area contributed by atoms with Crippen molar-refractivity contribution in [2.45, 2.75) is 39.2 Å². The van der Waals surface area contributed by atoms with Crippen molar-refractivity contribution in [1.29, 1.82) is 0 Å². The summed E-state index contributed by atoms with van der Waals surface area (Å²) in [5.41, 5.74) is 0.521. The number of H-pyrrole nitrogens is 1. The molecule has 1 aliphatic heterocycles. The van der Waals surface area contributed by atoms with Gasteiger partial charge in [-0.1, -0.05) is 18.2 Å². The summed E-state index contributed by atoms with van der Waals surface area (Å²) in [6, 6.07) is 7.36. The Morgan fingerprint density at radius 1 is 1.19 bits per heavy atom. The van der Waals surface area contributed by atoms with Crippen molar-refractivity contribution in [1.82, 2.24) is 29.9 Å². The number of carbonyl (C=O) groups is 1. The van der Waals surface area contributed by atoms with Gasteiger partial charge >= 0.3 is 0 Å². The summed E-state index contributed by atoms with van der Waals surface area (Å²) < 4.78 is 1.28. The van der Waals surface area contributed by atoms with Crippen LogP contribution < -0.4 is 5.56 Å². The molecular weight excluding hydrogens is 344 g/mol. The number of aryl methyl sites for hydroxylation is 2. The van der Waals surface area contributed by atoms with Gasteiger partial charge in [0.25, 0.3) is 5.56 Å². The molecule has 0 saturated carbocycles. The maximum absolute atomic E-state index is 12.7. The van der Waals surface area contributed by atoms with Gasteiger partial charge in [-0.2, -0.15) is 10.2 Å². The van der Waals surface area contributed by atoms with E-state index in [0.717, 1.165) is 35.6 Å². The molecule has 0 bridgehead atoms. The molecule has 3 aromatic rings. The average molecular weight is 366 g/mol. The third-order valence-corrected chi connectivity index (χ3v) is 5.16. The number of likely N-dealkylation sites (tertiary alicyclic amines) is 1. The number of fused-ring (bicyclic) bond motifs is 1. The van der Waals surface area contributed by atoms with Crippen molar-refractivity contribution in [2.75, 3.05) is 13.1 Å². The second-order valence-electron chi connectivity index (χ2n) is 7.03. The lowest BCUT2D eigenvalue weighted by Gasteiger charge is -2.30. The molecule has 1 aliphatic rings. The molecule has 0 spiro atoms. The number of hydrogen-bond acceptors (Lipinski definition) is 5. The van der Waals surface area contributed by atoms with Crippen LogP contribution >= 0.6 is 0 Å². The Labute approximate surface area is 156 Å². The minimum absolute atomic E-state index is 0.0328. The first kappa shape index (κ1) is 17.4. The fourth-order valence-corrected chi connectivity index (χ4v) is 3.67. The van der Waals surface area contributed by atoms with Crippen LogP contribution in [0.5, 0.6) is 0 Å². The second kappa shape index (κ2) is 6.94. The molecule has 3 heterocycles. The Kier molecular flexibility index (Phi) is 4.47. The maximum atomic E-state index is 12.7. The van der Waals surface area contributed by atoms with E-state index in [1.54, 1.807) is 11.0 Å². The van der Waals surface area contributed by atoms with Crippen LogP contribution in [0.15, 0.2) is 29.1 Å². The zero-order valence-corrected chi connectivity index (χ0v) is 15.5. The molecule has 1 aromatic carbocycles. The molecular formula is C19H22N6O2. The van der Waals surface area contributed by atoms with E-state index < -0.39 is 0 Å². The molecule has 140 valence electrons. The van der Waals surface area contributed by atoms with Crippen molar-refractivity contribution < 1.29 is 4.79 Å². The molecule has 0 radical (unpaired) electrons. The van der Waals surface area contributed by atoms with E-state index in [1.165, 1.54) is 4.68 Å². The van der Waals surface area contributed by atoms with Gasteiger partial charge in [-0.25, -0.2) is 9.67 Å². The third-order valence-electron chi connectivity index (χ3n) is 5.16. The number of hydrogen-bond donors (Lipinski definition) is 1. The first-order chi connectivity index (χ1) is 13.0. The Bertz CT molecular complexity index is 1050. The van der Waals surface area contributed by atoms with Gasteiger partial charge in [0.15, 0.2) is 5.82 Å². The van der Waals surface area contributed by atoms with Crippen molar-refractivity contribution >= 4 is 16.7 Å². The molecule has 8 heteroatoms. The summed E-state index contributed by atoms with van der Waals surface area (Å²) in [5, 5.41) is 12.9. The van der Waals surface area contributed by atoms with E-state index in [2.05, 4.69) is 20.3 Å². The lowest BCUT2D eigenvalue weighted by Crippen LogP contribution is -2.42. The topological polar surface area (TPSA) is 96.8 Å². The molecule has 2 aromatic heterocycles. The van der Waals surface area contributed by atoms with Gasteiger partial charge in [0.05, 0.1) is 11.1 Å². The summed E-state index contributed by atoms with van der Waals surface area (Å²) in [6.07, 6.45) is 1.64. The average Bonchev–Trinajstić information content (AvgIpc) is 3.12. The summed E-state index contributed by atoms with van der Waals surface area (Å²) in [4.78, 5) is 31.5. The number of aromatic nitrogens is 5. The van der Waals surface area contributed by atoms with Crippen LogP contribution in [0.4, 0.5) is 0 Å². The van der Waals surface area contributed by atoms with Crippen LogP contribution in [0.3, 0.4) is 0 Å². The lowest BCUT2D eigenvalue weighted by molar-refractivity contribution is -0.133. The van der Waals surface area contributed by atoms with Gasteiger partial charge in [0.2, 0.25) is 5.91 Å². The van der Waals surface area contributed by atoms with E-state index >= 15 is 0 Å². The largest absolute Gasteiger partial charge is 0.341 e. The number of carbonyl (C=O) groups excluding carboxylic acids is 1. The Hall–Kier alpha value is -3.03. The minimum atomic E-state index is -0.226. The van der Waals surface area contributed by atoms with Gasteiger partial charge in [-0.3, -0.25) is 14.7 Å². The van der Waals surface area contributed by atoms with E-state index in [9.17, 15) is 9.59 Å². The summed E-state index contributed by atoms with van der Waals surface area (Å²) in [7, 11) is 0. The van der Waals surface area contributed by atoms with Crippen LogP contribution in [0, 0.1) is 13.8 Å². The molecule has 1 N–H and O–H groups in total. The predicted octanol–water partition coefficient (Wildman–Crippen LogP) is 1.54. The number of nitrogens with one attached hydrogen (secondary N) is 1. The van der Waals surface area contributed by atoms with Crippen LogP contribution in [-0.4, -0.2) is 48.9 Å². The highest BCUT2D eigenvalue weighted by atomic mass is 16.2. The van der Waals surface area contributed by atoms with E-state index in [-0.39, 0.29) is 23.9 Å². The first-order valence-corrected chi connectivity index (χ1v) is 9.16. The summed E-state index contributed by atoms with van der Waals surface area (Å²) in [5.74, 6) is 1.81. The number of amides is 1. The van der Waals surface area contributed by atoms with Gasteiger partial charge < -0.3 is 4.90 Å². The number of nitrogens with zero attached hydrogens (tertiary/aromatic N) is 5. The molecule has 4 rings (SSSR count). The predicted molar refractivity (Wildman–Crippen MR) is 100 cm³/mol. The molecule has 0 atom stereocenters. The molecule has 27 heavy (non-hydrogen) atoms.